The Bertz CT molecular complexity index is 504. The molecule has 0 saturated heterocycles. The number of rotatable bonds is 9. The maximum Gasteiger partial charge on any atom is 0.194 e. The minimum Gasteiger partial charge on any atom is -0.382 e. The maximum atomic E-state index is 6.06. The maximum absolute atomic E-state index is 6.06. The topological polar surface area (TPSA) is 46.1 Å². The fourth-order valence-electron chi connectivity index (χ4n) is 1.92. The summed E-state index contributed by atoms with van der Waals surface area (Å²) in [5, 5.41) is 4.39. The van der Waals surface area contributed by atoms with E-state index < -0.39 is 0 Å². The Kier molecular flexibility index (Phi) is 13.8. The van der Waals surface area contributed by atoms with Crippen LogP contribution in [0.2, 0.25) is 10.0 Å². The fourth-order valence-corrected chi connectivity index (χ4v) is 2.24. The van der Waals surface area contributed by atoms with E-state index in [0.717, 1.165) is 18.1 Å². The Balaban J connectivity index is 0.00000529. The molecule has 24 heavy (non-hydrogen) atoms. The van der Waals surface area contributed by atoms with E-state index in [4.69, 9.17) is 32.7 Å². The van der Waals surface area contributed by atoms with Crippen LogP contribution in [-0.2, 0) is 16.0 Å². The highest BCUT2D eigenvalue weighted by Crippen LogP contribution is 2.23. The van der Waals surface area contributed by atoms with Crippen LogP contribution in [0.15, 0.2) is 23.2 Å². The number of hydrogen-bond acceptors (Lipinski definition) is 3. The van der Waals surface area contributed by atoms with Gasteiger partial charge in [0.1, 0.15) is 0 Å². The number of ether oxygens (including phenoxy) is 2. The van der Waals surface area contributed by atoms with Gasteiger partial charge in [0, 0.05) is 27.2 Å². The van der Waals surface area contributed by atoms with Crippen LogP contribution in [0.5, 0.6) is 0 Å². The third-order valence-electron chi connectivity index (χ3n) is 3.03. The summed E-state index contributed by atoms with van der Waals surface area (Å²) in [7, 11) is 3.64. The van der Waals surface area contributed by atoms with E-state index >= 15 is 0 Å². The first-order valence-corrected chi connectivity index (χ1v) is 8.34. The molecule has 0 aliphatic rings. The Morgan fingerprint density at radius 2 is 1.96 bits per heavy atom. The molecule has 0 amide bonds. The number of benzene rings is 1. The van der Waals surface area contributed by atoms with E-state index in [-0.39, 0.29) is 24.0 Å². The number of hydrogen-bond donors (Lipinski definition) is 1. The number of nitrogens with one attached hydrogen (secondary N) is 1. The van der Waals surface area contributed by atoms with Gasteiger partial charge in [-0.1, -0.05) is 29.3 Å². The molecule has 138 valence electrons. The van der Waals surface area contributed by atoms with Gasteiger partial charge in [-0.2, -0.15) is 0 Å². The standard InChI is InChI=1S/C16H25Cl2N3O2.HI/c1-4-19-16(20-7-8-23-10-9-22-3)21(2)12-13-5-6-14(17)15(18)11-13;/h5-6,11H,4,7-10,12H2,1-3H3,(H,19,20);1H. The Hall–Kier alpha value is -0.280. The lowest BCUT2D eigenvalue weighted by atomic mass is 10.2. The van der Waals surface area contributed by atoms with Gasteiger partial charge >= 0.3 is 0 Å². The van der Waals surface area contributed by atoms with E-state index in [1.54, 1.807) is 13.2 Å². The lowest BCUT2D eigenvalue weighted by Gasteiger charge is -2.22. The molecule has 0 saturated carbocycles. The molecule has 0 aliphatic carbocycles. The van der Waals surface area contributed by atoms with Gasteiger partial charge in [0.15, 0.2) is 5.96 Å². The third-order valence-corrected chi connectivity index (χ3v) is 3.77. The van der Waals surface area contributed by atoms with Gasteiger partial charge in [-0.15, -0.1) is 24.0 Å². The molecular weight excluding hydrogens is 464 g/mol. The number of nitrogens with zero attached hydrogens (tertiary/aromatic N) is 2. The summed E-state index contributed by atoms with van der Waals surface area (Å²) >= 11 is 12.0. The lowest BCUT2D eigenvalue weighted by Crippen LogP contribution is -2.38. The molecule has 0 radical (unpaired) electrons. The van der Waals surface area contributed by atoms with Gasteiger partial charge in [0.05, 0.1) is 36.4 Å². The number of aliphatic imine (C=N–C) groups is 1. The Morgan fingerprint density at radius 1 is 1.21 bits per heavy atom. The highest BCUT2D eigenvalue weighted by atomic mass is 127. The van der Waals surface area contributed by atoms with Crippen molar-refractivity contribution in [2.24, 2.45) is 4.99 Å². The molecule has 0 fully saturated rings. The van der Waals surface area contributed by atoms with Gasteiger partial charge < -0.3 is 19.7 Å². The van der Waals surface area contributed by atoms with Gasteiger partial charge in [-0.25, -0.2) is 0 Å². The van der Waals surface area contributed by atoms with Crippen LogP contribution in [0.3, 0.4) is 0 Å². The van der Waals surface area contributed by atoms with E-state index in [1.807, 2.05) is 31.0 Å². The van der Waals surface area contributed by atoms with Crippen molar-refractivity contribution in [1.29, 1.82) is 0 Å². The molecule has 1 aromatic carbocycles. The predicted octanol–water partition coefficient (Wildman–Crippen LogP) is 3.67. The summed E-state index contributed by atoms with van der Waals surface area (Å²) in [4.78, 5) is 6.59. The number of methoxy groups -OCH3 is 1. The van der Waals surface area contributed by atoms with Crippen molar-refractivity contribution < 1.29 is 9.47 Å². The molecule has 0 unspecified atom stereocenters. The summed E-state index contributed by atoms with van der Waals surface area (Å²) in [6.07, 6.45) is 0. The molecule has 1 N–H and O–H groups in total. The first-order valence-electron chi connectivity index (χ1n) is 7.58. The van der Waals surface area contributed by atoms with Crippen molar-refractivity contribution in [2.75, 3.05) is 47.1 Å². The molecule has 0 atom stereocenters. The monoisotopic (exact) mass is 489 g/mol. The first kappa shape index (κ1) is 23.7. The van der Waals surface area contributed by atoms with Crippen LogP contribution in [0, 0.1) is 0 Å². The molecule has 8 heteroatoms. The molecule has 1 rings (SSSR count). The van der Waals surface area contributed by atoms with Gasteiger partial charge in [-0.05, 0) is 24.6 Å². The van der Waals surface area contributed by atoms with Crippen LogP contribution >= 0.6 is 47.2 Å². The molecule has 0 spiro atoms. The minimum absolute atomic E-state index is 0. The van der Waals surface area contributed by atoms with Crippen molar-refractivity contribution in [3.8, 4) is 0 Å². The molecule has 0 bridgehead atoms. The fraction of sp³-hybridized carbons (Fsp3) is 0.562. The molecular formula is C16H26Cl2IN3O2. The minimum atomic E-state index is 0. The smallest absolute Gasteiger partial charge is 0.194 e. The van der Waals surface area contributed by atoms with Crippen molar-refractivity contribution in [2.45, 2.75) is 13.5 Å². The van der Waals surface area contributed by atoms with E-state index in [2.05, 4.69) is 10.3 Å². The third kappa shape index (κ3) is 9.27. The molecule has 5 nitrogen and oxygen atoms in total. The quantitative estimate of drug-likeness (QED) is 0.249. The van der Waals surface area contributed by atoms with Gasteiger partial charge in [0.25, 0.3) is 0 Å². The van der Waals surface area contributed by atoms with Crippen LogP contribution in [0.25, 0.3) is 0 Å². The predicted molar refractivity (Wildman–Crippen MR) is 112 cm³/mol. The average Bonchev–Trinajstić information content (AvgIpc) is 2.53. The van der Waals surface area contributed by atoms with E-state index in [1.165, 1.54) is 0 Å². The van der Waals surface area contributed by atoms with Crippen molar-refractivity contribution in [1.82, 2.24) is 10.2 Å². The van der Waals surface area contributed by atoms with Crippen molar-refractivity contribution in [3.63, 3.8) is 0 Å². The SMILES string of the molecule is CCNC(=NCCOCCOC)N(C)Cc1ccc(Cl)c(Cl)c1.I. The Morgan fingerprint density at radius 3 is 2.58 bits per heavy atom. The molecule has 1 aromatic rings. The first-order chi connectivity index (χ1) is 11.1. The Labute approximate surface area is 171 Å². The summed E-state index contributed by atoms with van der Waals surface area (Å²) in [5.74, 6) is 0.828. The van der Waals surface area contributed by atoms with Gasteiger partial charge in [0.2, 0.25) is 0 Å². The highest BCUT2D eigenvalue weighted by Gasteiger charge is 2.07. The largest absolute Gasteiger partial charge is 0.382 e. The zero-order valence-electron chi connectivity index (χ0n) is 14.3. The zero-order chi connectivity index (χ0) is 17.1. The number of halogens is 3. The summed E-state index contributed by atoms with van der Waals surface area (Å²) in [6, 6.07) is 5.64. The second-order valence-electron chi connectivity index (χ2n) is 4.95. The van der Waals surface area contributed by atoms with E-state index in [0.29, 0.717) is 43.0 Å². The van der Waals surface area contributed by atoms with Crippen LogP contribution in [-0.4, -0.2) is 57.9 Å². The second kappa shape index (κ2) is 13.9. The number of guanidine groups is 1. The zero-order valence-corrected chi connectivity index (χ0v) is 18.2. The molecule has 0 aromatic heterocycles. The second-order valence-corrected chi connectivity index (χ2v) is 5.76. The normalized spacial score (nSPS) is 11.1. The summed E-state index contributed by atoms with van der Waals surface area (Å²) in [6.45, 7) is 5.87. The van der Waals surface area contributed by atoms with Crippen molar-refractivity contribution in [3.05, 3.63) is 33.8 Å². The average molecular weight is 490 g/mol. The van der Waals surface area contributed by atoms with Crippen LogP contribution in [0.4, 0.5) is 0 Å². The molecule has 0 aliphatic heterocycles. The summed E-state index contributed by atoms with van der Waals surface area (Å²) < 4.78 is 10.3. The van der Waals surface area contributed by atoms with Crippen LogP contribution in [0.1, 0.15) is 12.5 Å². The van der Waals surface area contributed by atoms with Crippen LogP contribution < -0.4 is 5.32 Å². The lowest BCUT2D eigenvalue weighted by molar-refractivity contribution is 0.0747. The van der Waals surface area contributed by atoms with E-state index in [9.17, 15) is 0 Å². The molecule has 0 heterocycles. The van der Waals surface area contributed by atoms with Gasteiger partial charge in [-0.3, -0.25) is 4.99 Å². The highest BCUT2D eigenvalue weighted by molar-refractivity contribution is 14.0. The van der Waals surface area contributed by atoms with Crippen molar-refractivity contribution >= 4 is 53.1 Å². The summed E-state index contributed by atoms with van der Waals surface area (Å²) in [5.41, 5.74) is 1.07.